The summed E-state index contributed by atoms with van der Waals surface area (Å²) in [6.07, 6.45) is 3.24. The van der Waals surface area contributed by atoms with Gasteiger partial charge in [0.15, 0.2) is 0 Å². The Kier molecular flexibility index (Phi) is 5.34. The van der Waals surface area contributed by atoms with Gasteiger partial charge in [0.25, 0.3) is 5.91 Å². The number of pyridine rings is 1. The van der Waals surface area contributed by atoms with E-state index in [1.807, 2.05) is 12.1 Å². The van der Waals surface area contributed by atoms with E-state index in [0.717, 1.165) is 38.4 Å². The largest absolute Gasteiger partial charge is 0.379 e. The summed E-state index contributed by atoms with van der Waals surface area (Å²) in [5.74, 6) is -0.0979. The molecule has 1 aliphatic heterocycles. The minimum absolute atomic E-state index is 0.0979. The van der Waals surface area contributed by atoms with Gasteiger partial charge < -0.3 is 10.1 Å². The van der Waals surface area contributed by atoms with Crippen LogP contribution in [0.3, 0.4) is 0 Å². The molecule has 3 rings (SSSR count). The van der Waals surface area contributed by atoms with Crippen molar-refractivity contribution >= 4 is 5.91 Å². The Morgan fingerprint density at radius 1 is 1.13 bits per heavy atom. The molecule has 0 unspecified atom stereocenters. The molecule has 1 aromatic carbocycles. The van der Waals surface area contributed by atoms with E-state index in [0.29, 0.717) is 12.1 Å². The Bertz CT molecular complexity index is 640. The van der Waals surface area contributed by atoms with E-state index >= 15 is 0 Å². The average molecular weight is 311 g/mol. The molecule has 1 saturated heterocycles. The molecule has 0 saturated carbocycles. The molecule has 1 amide bonds. The fourth-order valence-electron chi connectivity index (χ4n) is 2.66. The number of rotatable bonds is 5. The molecule has 120 valence electrons. The lowest BCUT2D eigenvalue weighted by Gasteiger charge is -2.27. The zero-order chi connectivity index (χ0) is 15.9. The van der Waals surface area contributed by atoms with Crippen molar-refractivity contribution in [3.05, 3.63) is 65.5 Å². The van der Waals surface area contributed by atoms with Crippen molar-refractivity contribution < 1.29 is 9.53 Å². The van der Waals surface area contributed by atoms with Gasteiger partial charge in [0.1, 0.15) is 0 Å². The third kappa shape index (κ3) is 4.37. The van der Waals surface area contributed by atoms with E-state index in [4.69, 9.17) is 4.74 Å². The number of amides is 1. The van der Waals surface area contributed by atoms with E-state index in [1.165, 1.54) is 5.56 Å². The lowest BCUT2D eigenvalue weighted by Crippen LogP contribution is -2.36. The summed E-state index contributed by atoms with van der Waals surface area (Å²) in [5.41, 5.74) is 2.98. The van der Waals surface area contributed by atoms with Gasteiger partial charge >= 0.3 is 0 Å². The highest BCUT2D eigenvalue weighted by molar-refractivity contribution is 5.93. The molecule has 2 aromatic rings. The second-order valence-electron chi connectivity index (χ2n) is 5.58. The van der Waals surface area contributed by atoms with Crippen molar-refractivity contribution in [3.8, 4) is 0 Å². The molecule has 1 fully saturated rings. The molecule has 1 aromatic heterocycles. The highest BCUT2D eigenvalue weighted by atomic mass is 16.5. The smallest absolute Gasteiger partial charge is 0.253 e. The monoisotopic (exact) mass is 311 g/mol. The van der Waals surface area contributed by atoms with Crippen molar-refractivity contribution in [2.45, 2.75) is 13.1 Å². The second-order valence-corrected chi connectivity index (χ2v) is 5.58. The maximum Gasteiger partial charge on any atom is 0.253 e. The number of nitrogens with zero attached hydrogens (tertiary/aromatic N) is 2. The Hall–Kier alpha value is -2.24. The van der Waals surface area contributed by atoms with E-state index in [9.17, 15) is 4.79 Å². The van der Waals surface area contributed by atoms with E-state index < -0.39 is 0 Å². The van der Waals surface area contributed by atoms with Gasteiger partial charge in [-0.15, -0.1) is 0 Å². The summed E-state index contributed by atoms with van der Waals surface area (Å²) in [6, 6.07) is 11.8. The summed E-state index contributed by atoms with van der Waals surface area (Å²) in [7, 11) is 0. The third-order valence-electron chi connectivity index (χ3n) is 3.98. The Morgan fingerprint density at radius 2 is 1.91 bits per heavy atom. The highest BCUT2D eigenvalue weighted by Crippen LogP contribution is 2.13. The van der Waals surface area contributed by atoms with Gasteiger partial charge in [0.05, 0.1) is 18.8 Å². The number of morpholine rings is 1. The van der Waals surface area contributed by atoms with Crippen LogP contribution in [0.5, 0.6) is 0 Å². The molecule has 0 spiro atoms. The van der Waals surface area contributed by atoms with E-state index in [-0.39, 0.29) is 5.91 Å². The predicted molar refractivity (Wildman–Crippen MR) is 87.9 cm³/mol. The maximum atomic E-state index is 12.1. The summed E-state index contributed by atoms with van der Waals surface area (Å²) in [6.45, 7) is 4.91. The number of carbonyl (C=O) groups excluding carboxylic acids is 1. The Morgan fingerprint density at radius 3 is 2.65 bits per heavy atom. The molecule has 0 bridgehead atoms. The molecule has 0 atom stereocenters. The van der Waals surface area contributed by atoms with Crippen molar-refractivity contribution in [2.75, 3.05) is 26.3 Å². The van der Waals surface area contributed by atoms with Gasteiger partial charge in [0.2, 0.25) is 0 Å². The first-order chi connectivity index (χ1) is 11.3. The van der Waals surface area contributed by atoms with Gasteiger partial charge in [-0.1, -0.05) is 24.3 Å². The molecule has 1 aliphatic rings. The van der Waals surface area contributed by atoms with Gasteiger partial charge in [-0.2, -0.15) is 0 Å². The van der Waals surface area contributed by atoms with Crippen molar-refractivity contribution in [2.24, 2.45) is 0 Å². The fraction of sp³-hybridized carbons (Fsp3) is 0.333. The number of hydrogen-bond donors (Lipinski definition) is 1. The number of aromatic nitrogens is 1. The molecule has 5 nitrogen and oxygen atoms in total. The molecular formula is C18H21N3O2. The van der Waals surface area contributed by atoms with Crippen LogP contribution in [-0.4, -0.2) is 42.1 Å². The van der Waals surface area contributed by atoms with E-state index in [2.05, 4.69) is 27.3 Å². The molecular weight excluding hydrogens is 290 g/mol. The Balaban J connectivity index is 1.62. The standard InChI is InChI=1S/C18H21N3O2/c22-18(16-6-3-7-19-12-16)20-13-15-4-1-2-5-17(15)14-21-8-10-23-11-9-21/h1-7,12H,8-11,13-14H2,(H,20,22). The molecule has 2 heterocycles. The minimum atomic E-state index is -0.0979. The van der Waals surface area contributed by atoms with Crippen molar-refractivity contribution in [1.82, 2.24) is 15.2 Å². The number of carbonyl (C=O) groups is 1. The van der Waals surface area contributed by atoms with Gasteiger partial charge in [0, 0.05) is 38.6 Å². The molecule has 1 N–H and O–H groups in total. The van der Waals surface area contributed by atoms with Crippen LogP contribution in [0.2, 0.25) is 0 Å². The van der Waals surface area contributed by atoms with Crippen LogP contribution in [0.4, 0.5) is 0 Å². The van der Waals surface area contributed by atoms with Crippen LogP contribution in [0.25, 0.3) is 0 Å². The number of benzene rings is 1. The molecule has 5 heteroatoms. The van der Waals surface area contributed by atoms with Crippen molar-refractivity contribution in [3.63, 3.8) is 0 Å². The molecule has 0 radical (unpaired) electrons. The zero-order valence-corrected chi connectivity index (χ0v) is 13.1. The first-order valence-corrected chi connectivity index (χ1v) is 7.88. The number of hydrogen-bond acceptors (Lipinski definition) is 4. The molecule has 0 aliphatic carbocycles. The zero-order valence-electron chi connectivity index (χ0n) is 13.1. The lowest BCUT2D eigenvalue weighted by molar-refractivity contribution is 0.0340. The van der Waals surface area contributed by atoms with Crippen LogP contribution in [-0.2, 0) is 17.8 Å². The highest BCUT2D eigenvalue weighted by Gasteiger charge is 2.13. The van der Waals surface area contributed by atoms with Gasteiger partial charge in [-0.25, -0.2) is 0 Å². The number of nitrogens with one attached hydrogen (secondary N) is 1. The SMILES string of the molecule is O=C(NCc1ccccc1CN1CCOCC1)c1cccnc1. The van der Waals surface area contributed by atoms with E-state index in [1.54, 1.807) is 24.5 Å². The summed E-state index contributed by atoms with van der Waals surface area (Å²) in [5, 5.41) is 2.97. The Labute approximate surface area is 136 Å². The van der Waals surface area contributed by atoms with Crippen LogP contribution < -0.4 is 5.32 Å². The third-order valence-corrected chi connectivity index (χ3v) is 3.98. The van der Waals surface area contributed by atoms with Crippen LogP contribution >= 0.6 is 0 Å². The number of ether oxygens (including phenoxy) is 1. The first kappa shape index (κ1) is 15.6. The maximum absolute atomic E-state index is 12.1. The predicted octanol–water partition coefficient (Wildman–Crippen LogP) is 1.84. The van der Waals surface area contributed by atoms with Crippen LogP contribution in [0.15, 0.2) is 48.8 Å². The summed E-state index contributed by atoms with van der Waals surface area (Å²) < 4.78 is 5.39. The summed E-state index contributed by atoms with van der Waals surface area (Å²) in [4.78, 5) is 18.5. The summed E-state index contributed by atoms with van der Waals surface area (Å²) >= 11 is 0. The topological polar surface area (TPSA) is 54.5 Å². The average Bonchev–Trinajstić information content (AvgIpc) is 2.62. The fourth-order valence-corrected chi connectivity index (χ4v) is 2.66. The first-order valence-electron chi connectivity index (χ1n) is 7.88. The molecule has 23 heavy (non-hydrogen) atoms. The van der Waals surface area contributed by atoms with Gasteiger partial charge in [-0.3, -0.25) is 14.7 Å². The van der Waals surface area contributed by atoms with Crippen molar-refractivity contribution in [1.29, 1.82) is 0 Å². The normalized spacial score (nSPS) is 15.3. The van der Waals surface area contributed by atoms with Gasteiger partial charge in [-0.05, 0) is 23.3 Å². The van der Waals surface area contributed by atoms with Crippen LogP contribution in [0, 0.1) is 0 Å². The minimum Gasteiger partial charge on any atom is -0.379 e. The quantitative estimate of drug-likeness (QED) is 0.915. The van der Waals surface area contributed by atoms with Crippen LogP contribution in [0.1, 0.15) is 21.5 Å². The lowest BCUT2D eigenvalue weighted by atomic mass is 10.1. The second kappa shape index (κ2) is 7.85.